The average Bonchev–Trinajstić information content (AvgIpc) is 3.07. The first-order valence-electron chi connectivity index (χ1n) is 8.30. The zero-order chi connectivity index (χ0) is 19.9. The molecule has 0 aliphatic carbocycles. The van der Waals surface area contributed by atoms with Gasteiger partial charge in [0.1, 0.15) is 11.6 Å². The molecule has 2 heterocycles. The molecule has 1 atom stereocenters. The van der Waals surface area contributed by atoms with Gasteiger partial charge in [-0.1, -0.05) is 48.5 Å². The van der Waals surface area contributed by atoms with Gasteiger partial charge in [-0.2, -0.15) is 28.2 Å². The topological polar surface area (TPSA) is 76.9 Å². The summed E-state index contributed by atoms with van der Waals surface area (Å²) in [6.07, 6.45) is -4.74. The molecule has 1 unspecified atom stereocenters. The first-order valence-corrected chi connectivity index (χ1v) is 8.30. The lowest BCUT2D eigenvalue weighted by molar-refractivity contribution is -0.142. The van der Waals surface area contributed by atoms with Crippen LogP contribution in [0.5, 0.6) is 5.88 Å². The third-order valence-electron chi connectivity index (χ3n) is 4.45. The van der Waals surface area contributed by atoms with E-state index in [0.717, 1.165) is 4.68 Å². The molecule has 3 aromatic rings. The number of hydrogen-bond acceptors (Lipinski definition) is 4. The van der Waals surface area contributed by atoms with Crippen molar-refractivity contribution in [1.29, 1.82) is 5.26 Å². The Balaban J connectivity index is 2.05. The molecular weight excluding hydrogens is 369 g/mol. The number of halogens is 3. The number of para-hydroxylation sites is 1. The number of nitriles is 1. The van der Waals surface area contributed by atoms with Crippen molar-refractivity contribution < 1.29 is 17.9 Å². The van der Waals surface area contributed by atoms with Gasteiger partial charge in [-0.15, -0.1) is 0 Å². The molecule has 0 saturated heterocycles. The van der Waals surface area contributed by atoms with Crippen LogP contribution in [0.25, 0.3) is 5.69 Å². The maximum Gasteiger partial charge on any atom is 0.435 e. The molecule has 1 aliphatic rings. The fourth-order valence-corrected chi connectivity index (χ4v) is 3.27. The van der Waals surface area contributed by atoms with Gasteiger partial charge in [0.25, 0.3) is 0 Å². The van der Waals surface area contributed by atoms with Crippen molar-refractivity contribution in [1.82, 2.24) is 9.78 Å². The maximum atomic E-state index is 13.9. The van der Waals surface area contributed by atoms with Crippen molar-refractivity contribution in [2.24, 2.45) is 5.73 Å². The molecule has 28 heavy (non-hydrogen) atoms. The second-order valence-corrected chi connectivity index (χ2v) is 6.15. The lowest BCUT2D eigenvalue weighted by Gasteiger charge is -2.25. The highest BCUT2D eigenvalue weighted by molar-refractivity contribution is 5.57. The van der Waals surface area contributed by atoms with Crippen LogP contribution in [0.1, 0.15) is 22.7 Å². The number of allylic oxidation sites excluding steroid dienone is 1. The number of alkyl halides is 3. The Hall–Kier alpha value is -3.73. The molecular formula is C20H13F3N4O. The second-order valence-electron chi connectivity index (χ2n) is 6.15. The number of ether oxygens (including phenoxy) is 1. The van der Waals surface area contributed by atoms with Crippen LogP contribution in [0.2, 0.25) is 0 Å². The summed E-state index contributed by atoms with van der Waals surface area (Å²) in [5.74, 6) is -1.43. The first-order chi connectivity index (χ1) is 13.4. The molecule has 0 fully saturated rings. The van der Waals surface area contributed by atoms with Crippen LogP contribution < -0.4 is 10.5 Å². The van der Waals surface area contributed by atoms with Gasteiger partial charge >= 0.3 is 6.18 Å². The molecule has 2 N–H and O–H groups in total. The lowest BCUT2D eigenvalue weighted by atomic mass is 9.84. The molecule has 1 aliphatic heterocycles. The average molecular weight is 382 g/mol. The SMILES string of the molecule is N#CC1=C(N)Oc2c(c(C(F)(F)F)nn2-c2ccccc2)C1c1ccccc1. The Morgan fingerprint density at radius 1 is 1.04 bits per heavy atom. The van der Waals surface area contributed by atoms with Crippen LogP contribution in [0, 0.1) is 11.3 Å². The van der Waals surface area contributed by atoms with Gasteiger partial charge in [-0.25, -0.2) is 0 Å². The van der Waals surface area contributed by atoms with Gasteiger partial charge in [-0.05, 0) is 17.7 Å². The fourth-order valence-electron chi connectivity index (χ4n) is 3.27. The van der Waals surface area contributed by atoms with Crippen LogP contribution >= 0.6 is 0 Å². The fraction of sp³-hybridized carbons (Fsp3) is 0.100. The van der Waals surface area contributed by atoms with Crippen LogP contribution in [-0.4, -0.2) is 9.78 Å². The van der Waals surface area contributed by atoms with E-state index in [2.05, 4.69) is 5.10 Å². The molecule has 0 radical (unpaired) electrons. The first kappa shape index (κ1) is 17.7. The molecule has 4 rings (SSSR count). The van der Waals surface area contributed by atoms with Crippen LogP contribution in [-0.2, 0) is 6.18 Å². The van der Waals surface area contributed by atoms with E-state index in [9.17, 15) is 18.4 Å². The van der Waals surface area contributed by atoms with Gasteiger partial charge in [0, 0.05) is 0 Å². The van der Waals surface area contributed by atoms with E-state index in [4.69, 9.17) is 10.5 Å². The van der Waals surface area contributed by atoms with Crippen molar-refractivity contribution in [3.05, 3.63) is 88.9 Å². The highest BCUT2D eigenvalue weighted by Crippen LogP contribution is 2.48. The zero-order valence-corrected chi connectivity index (χ0v) is 14.3. The Bertz CT molecular complexity index is 1100. The predicted octanol–water partition coefficient (Wildman–Crippen LogP) is 4.11. The summed E-state index contributed by atoms with van der Waals surface area (Å²) >= 11 is 0. The van der Waals surface area contributed by atoms with Crippen molar-refractivity contribution in [3.63, 3.8) is 0 Å². The quantitative estimate of drug-likeness (QED) is 0.724. The molecule has 2 aromatic carbocycles. The van der Waals surface area contributed by atoms with E-state index in [1.54, 1.807) is 60.7 Å². The molecule has 140 valence electrons. The summed E-state index contributed by atoms with van der Waals surface area (Å²) in [5, 5.41) is 13.3. The normalized spacial score (nSPS) is 16.3. The van der Waals surface area contributed by atoms with Gasteiger partial charge < -0.3 is 10.5 Å². The number of hydrogen-bond donors (Lipinski definition) is 1. The lowest BCUT2D eigenvalue weighted by Crippen LogP contribution is -2.23. The Kier molecular flexibility index (Phi) is 4.08. The van der Waals surface area contributed by atoms with E-state index in [-0.39, 0.29) is 22.9 Å². The summed E-state index contributed by atoms with van der Waals surface area (Å²) in [6.45, 7) is 0. The van der Waals surface area contributed by atoms with Gasteiger partial charge in [0.2, 0.25) is 11.8 Å². The Morgan fingerprint density at radius 3 is 2.21 bits per heavy atom. The maximum absolute atomic E-state index is 13.9. The van der Waals surface area contributed by atoms with E-state index >= 15 is 0 Å². The molecule has 8 heteroatoms. The largest absolute Gasteiger partial charge is 0.435 e. The molecule has 1 aromatic heterocycles. The third-order valence-corrected chi connectivity index (χ3v) is 4.45. The number of fused-ring (bicyclic) bond motifs is 1. The summed E-state index contributed by atoms with van der Waals surface area (Å²) in [7, 11) is 0. The third kappa shape index (κ3) is 2.77. The van der Waals surface area contributed by atoms with Gasteiger partial charge in [0.15, 0.2) is 5.69 Å². The second kappa shape index (κ2) is 6.46. The van der Waals surface area contributed by atoms with E-state index in [0.29, 0.717) is 11.3 Å². The van der Waals surface area contributed by atoms with Gasteiger partial charge in [-0.3, -0.25) is 0 Å². The van der Waals surface area contributed by atoms with Crippen LogP contribution in [0.4, 0.5) is 13.2 Å². The van der Waals surface area contributed by atoms with Gasteiger partial charge in [0.05, 0.1) is 17.2 Å². The summed E-state index contributed by atoms with van der Waals surface area (Å²) in [5.41, 5.74) is 5.36. The van der Waals surface area contributed by atoms with E-state index in [1.807, 2.05) is 6.07 Å². The van der Waals surface area contributed by atoms with E-state index in [1.165, 1.54) is 0 Å². The van der Waals surface area contributed by atoms with Crippen molar-refractivity contribution in [2.75, 3.05) is 0 Å². The van der Waals surface area contributed by atoms with Crippen molar-refractivity contribution in [2.45, 2.75) is 12.1 Å². The summed E-state index contributed by atoms with van der Waals surface area (Å²) in [4.78, 5) is 0. The molecule has 5 nitrogen and oxygen atoms in total. The number of benzene rings is 2. The number of rotatable bonds is 2. The highest BCUT2D eigenvalue weighted by atomic mass is 19.4. The van der Waals surface area contributed by atoms with Crippen molar-refractivity contribution in [3.8, 4) is 17.6 Å². The molecule has 0 bridgehead atoms. The minimum Gasteiger partial charge on any atom is -0.422 e. The number of aromatic nitrogens is 2. The minimum absolute atomic E-state index is 0.0863. The molecule has 0 amide bonds. The Morgan fingerprint density at radius 2 is 1.64 bits per heavy atom. The zero-order valence-electron chi connectivity index (χ0n) is 14.3. The molecule has 0 saturated carbocycles. The Labute approximate surface area is 158 Å². The number of nitrogens with zero attached hydrogens (tertiary/aromatic N) is 3. The molecule has 0 spiro atoms. The summed E-state index contributed by atoms with van der Waals surface area (Å²) < 4.78 is 48.1. The number of nitrogens with two attached hydrogens (primary N) is 1. The van der Waals surface area contributed by atoms with E-state index < -0.39 is 17.8 Å². The smallest absolute Gasteiger partial charge is 0.422 e. The van der Waals surface area contributed by atoms with Crippen LogP contribution in [0.3, 0.4) is 0 Å². The monoisotopic (exact) mass is 382 g/mol. The highest BCUT2D eigenvalue weighted by Gasteiger charge is 2.46. The summed E-state index contributed by atoms with van der Waals surface area (Å²) in [6, 6.07) is 18.6. The predicted molar refractivity (Wildman–Crippen MR) is 94.3 cm³/mol. The van der Waals surface area contributed by atoms with Crippen molar-refractivity contribution >= 4 is 0 Å². The minimum atomic E-state index is -4.74. The standard InChI is InChI=1S/C20H13F3N4O/c21-20(22,23)17-16-15(12-7-3-1-4-8-12)14(11-24)18(25)28-19(16)27(26-17)13-9-5-2-6-10-13/h1-10,15H,25H2. The van der Waals surface area contributed by atoms with Crippen LogP contribution in [0.15, 0.2) is 72.1 Å².